The number of ketones is 1. The van der Waals surface area contributed by atoms with E-state index in [4.69, 9.17) is 4.98 Å². The van der Waals surface area contributed by atoms with Gasteiger partial charge in [0.2, 0.25) is 11.9 Å². The van der Waals surface area contributed by atoms with E-state index in [0.29, 0.717) is 53.7 Å². The van der Waals surface area contributed by atoms with Crippen molar-refractivity contribution in [2.24, 2.45) is 11.3 Å². The maximum absolute atomic E-state index is 14.3. The fourth-order valence-corrected chi connectivity index (χ4v) is 10.3. The molecule has 1 fully saturated rings. The number of rotatable bonds is 21. The van der Waals surface area contributed by atoms with Crippen molar-refractivity contribution in [3.8, 4) is 10.4 Å². The molecular formula is C56H71N9O5S. The van der Waals surface area contributed by atoms with Crippen LogP contribution in [0.5, 0.6) is 0 Å². The molecule has 2 aliphatic rings. The predicted molar refractivity (Wildman–Crippen MR) is 285 cm³/mol. The van der Waals surface area contributed by atoms with Gasteiger partial charge in [-0.3, -0.25) is 19.2 Å². The Morgan fingerprint density at radius 2 is 1.63 bits per heavy atom. The van der Waals surface area contributed by atoms with Gasteiger partial charge < -0.3 is 35.8 Å². The SMILES string of the molecule is C=C(N[C@@H](C)c1ccc(-c2scnc2C)cc1)[C@@H]1C[C@@H](O)CN1C(=O)[C@@H](CC(=O)CCCCCCCNC(=O)c1ccc(Nc2ncc3c(n2)N(C(C)CC)c2ccccc2C(=O)N3C)cc1)C(C)(C)C. The minimum Gasteiger partial charge on any atom is -0.391 e. The molecule has 0 saturated carbocycles. The number of benzene rings is 3. The van der Waals surface area contributed by atoms with Gasteiger partial charge >= 0.3 is 0 Å². The molecule has 4 heterocycles. The molecule has 2 aromatic heterocycles. The molecule has 5 atom stereocenters. The van der Waals surface area contributed by atoms with Gasteiger partial charge in [0.15, 0.2) is 5.82 Å². The number of para-hydroxylation sites is 1. The van der Waals surface area contributed by atoms with Crippen LogP contribution in [-0.2, 0) is 9.59 Å². The van der Waals surface area contributed by atoms with Gasteiger partial charge in [-0.2, -0.15) is 4.98 Å². The molecule has 0 spiro atoms. The van der Waals surface area contributed by atoms with Crippen LogP contribution in [0.3, 0.4) is 0 Å². The topological polar surface area (TPSA) is 173 Å². The summed E-state index contributed by atoms with van der Waals surface area (Å²) in [5.41, 5.74) is 8.57. The summed E-state index contributed by atoms with van der Waals surface area (Å²) in [6.45, 7) is 19.4. The second kappa shape index (κ2) is 23.2. The Labute approximate surface area is 423 Å². The summed E-state index contributed by atoms with van der Waals surface area (Å²) in [5, 5.41) is 20.6. The lowest BCUT2D eigenvalue weighted by molar-refractivity contribution is -0.142. The number of carbonyl (C=O) groups excluding carboxylic acids is 4. The fourth-order valence-electron chi connectivity index (χ4n) is 9.49. The van der Waals surface area contributed by atoms with Crippen LogP contribution in [0.15, 0.2) is 96.8 Å². The number of likely N-dealkylation sites (tertiary alicyclic amines) is 1. The van der Waals surface area contributed by atoms with Gasteiger partial charge in [-0.15, -0.1) is 11.3 Å². The molecule has 15 heteroatoms. The number of fused-ring (bicyclic) bond motifs is 2. The first-order chi connectivity index (χ1) is 33.9. The standard InChI is InChI=1S/C56H71N9O5S/c1-10-35(2)65-47-20-16-15-19-45(47)53(69)63(9)49-32-58-55(62-51(49)65)61-42-27-25-41(26-28-42)52(68)57-29-17-13-11-12-14-18-43(66)30-46(56(6,7)8)54(70)64-33-44(67)31-48(64)37(4)60-36(3)39-21-23-40(24-22-39)50-38(5)59-34-71-50/h15-16,19-28,32,34-36,44,46,48,60,67H,4,10-14,17-18,29-31,33H2,1-3,5-9H3,(H,57,68)(H,58,61,62)/t35?,36-,44+,46+,48-/m0/s1. The Bertz CT molecular complexity index is 2680. The third kappa shape index (κ3) is 12.5. The number of hydrogen-bond acceptors (Lipinski definition) is 12. The number of thiazole rings is 1. The summed E-state index contributed by atoms with van der Waals surface area (Å²) in [4.78, 5) is 74.6. The number of hydrogen-bond donors (Lipinski definition) is 4. The maximum Gasteiger partial charge on any atom is 0.260 e. The first-order valence-electron chi connectivity index (χ1n) is 25.1. The molecule has 4 N–H and O–H groups in total. The van der Waals surface area contributed by atoms with E-state index in [1.54, 1.807) is 46.5 Å². The smallest absolute Gasteiger partial charge is 0.260 e. The van der Waals surface area contributed by atoms with Crippen LogP contribution in [0.25, 0.3) is 10.4 Å². The highest BCUT2D eigenvalue weighted by Gasteiger charge is 2.43. The minimum atomic E-state index is -0.674. The summed E-state index contributed by atoms with van der Waals surface area (Å²) >= 11 is 1.62. The van der Waals surface area contributed by atoms with Crippen LogP contribution >= 0.6 is 11.3 Å². The van der Waals surface area contributed by atoms with Crippen molar-refractivity contribution in [2.75, 3.05) is 35.3 Å². The van der Waals surface area contributed by atoms with Crippen molar-refractivity contribution in [3.05, 3.63) is 119 Å². The normalized spacial score (nSPS) is 16.9. The Balaban J connectivity index is 0.826. The number of unbranched alkanes of at least 4 members (excludes halogenated alkanes) is 4. The van der Waals surface area contributed by atoms with Gasteiger partial charge in [0, 0.05) is 74.3 Å². The first kappa shape index (κ1) is 52.4. The largest absolute Gasteiger partial charge is 0.391 e. The van der Waals surface area contributed by atoms with Crippen LogP contribution in [0.1, 0.15) is 137 Å². The lowest BCUT2D eigenvalue weighted by atomic mass is 9.76. The highest BCUT2D eigenvalue weighted by atomic mass is 32.1. The zero-order chi connectivity index (χ0) is 51.0. The summed E-state index contributed by atoms with van der Waals surface area (Å²) in [5.74, 6) is 0.155. The van der Waals surface area contributed by atoms with Crippen molar-refractivity contribution in [1.29, 1.82) is 0 Å². The quantitative estimate of drug-likeness (QED) is 0.0516. The molecule has 0 bridgehead atoms. The highest BCUT2D eigenvalue weighted by molar-refractivity contribution is 7.13. The Morgan fingerprint density at radius 1 is 0.930 bits per heavy atom. The van der Waals surface area contributed by atoms with Crippen LogP contribution in [-0.4, -0.2) is 86.8 Å². The predicted octanol–water partition coefficient (Wildman–Crippen LogP) is 10.7. The van der Waals surface area contributed by atoms with E-state index in [9.17, 15) is 24.3 Å². The average Bonchev–Trinajstić information content (AvgIpc) is 3.96. The number of carbonyl (C=O) groups is 4. The molecule has 2 aliphatic heterocycles. The van der Waals surface area contributed by atoms with Gasteiger partial charge in [0.25, 0.3) is 11.8 Å². The van der Waals surface area contributed by atoms with E-state index in [2.05, 4.69) is 82.4 Å². The zero-order valence-corrected chi connectivity index (χ0v) is 43.4. The van der Waals surface area contributed by atoms with Gasteiger partial charge in [-0.1, -0.05) is 89.9 Å². The number of amides is 3. The molecule has 1 unspecified atom stereocenters. The molecule has 3 aromatic carbocycles. The number of aliphatic hydroxyl groups excluding tert-OH is 1. The summed E-state index contributed by atoms with van der Waals surface area (Å²) in [6.07, 6.45) is 7.06. The Kier molecular flexibility index (Phi) is 17.1. The molecule has 71 heavy (non-hydrogen) atoms. The number of aromatic nitrogens is 3. The monoisotopic (exact) mass is 982 g/mol. The van der Waals surface area contributed by atoms with Crippen molar-refractivity contribution in [1.82, 2.24) is 30.5 Å². The van der Waals surface area contributed by atoms with E-state index in [1.165, 1.54) is 0 Å². The first-order valence-corrected chi connectivity index (χ1v) is 26.0. The van der Waals surface area contributed by atoms with Crippen LogP contribution in [0, 0.1) is 18.3 Å². The molecule has 3 amide bonds. The van der Waals surface area contributed by atoms with Crippen LogP contribution in [0.2, 0.25) is 0 Å². The van der Waals surface area contributed by atoms with Crippen molar-refractivity contribution in [3.63, 3.8) is 0 Å². The number of aliphatic hydroxyl groups is 1. The van der Waals surface area contributed by atoms with E-state index in [1.807, 2.05) is 69.6 Å². The van der Waals surface area contributed by atoms with Crippen LogP contribution in [0.4, 0.5) is 28.8 Å². The van der Waals surface area contributed by atoms with Crippen molar-refractivity contribution in [2.45, 2.75) is 130 Å². The van der Waals surface area contributed by atoms with Gasteiger partial charge in [0.1, 0.15) is 11.5 Å². The number of β-amino-alcohol motifs (C(OH)–C–C–N with tert-alkyl or cyclic N) is 1. The maximum atomic E-state index is 14.3. The number of Topliss-reactive ketones (excluding diaryl/α,β-unsaturated/α-hetero) is 1. The average molecular weight is 982 g/mol. The van der Waals surface area contributed by atoms with Gasteiger partial charge in [0.05, 0.1) is 45.7 Å². The zero-order valence-electron chi connectivity index (χ0n) is 42.6. The molecule has 1 saturated heterocycles. The molecule has 7 rings (SSSR count). The second-order valence-electron chi connectivity index (χ2n) is 20.2. The number of nitrogens with one attached hydrogen (secondary N) is 3. The van der Waals surface area contributed by atoms with E-state index < -0.39 is 23.5 Å². The lowest BCUT2D eigenvalue weighted by Gasteiger charge is -2.36. The third-order valence-corrected chi connectivity index (χ3v) is 14.9. The summed E-state index contributed by atoms with van der Waals surface area (Å²) in [7, 11) is 1.74. The highest BCUT2D eigenvalue weighted by Crippen LogP contribution is 2.41. The molecule has 14 nitrogen and oxygen atoms in total. The van der Waals surface area contributed by atoms with Crippen molar-refractivity contribution >= 4 is 63.7 Å². The van der Waals surface area contributed by atoms with E-state index in [0.717, 1.165) is 71.6 Å². The van der Waals surface area contributed by atoms with Gasteiger partial charge in [-0.25, -0.2) is 9.97 Å². The van der Waals surface area contributed by atoms with Crippen molar-refractivity contribution < 1.29 is 24.3 Å². The third-order valence-electron chi connectivity index (χ3n) is 14.0. The van der Waals surface area contributed by atoms with Crippen LogP contribution < -0.4 is 25.8 Å². The minimum absolute atomic E-state index is 0.0656. The molecule has 5 aromatic rings. The van der Waals surface area contributed by atoms with E-state index >= 15 is 0 Å². The lowest BCUT2D eigenvalue weighted by Crippen LogP contribution is -2.47. The molecule has 0 aliphatic carbocycles. The Hall–Kier alpha value is -6.45. The number of aryl methyl sites for hydroxylation is 1. The Morgan fingerprint density at radius 3 is 2.32 bits per heavy atom. The molecule has 376 valence electrons. The number of anilines is 5. The van der Waals surface area contributed by atoms with E-state index in [-0.39, 0.29) is 48.6 Å². The molecular weight excluding hydrogens is 911 g/mol. The summed E-state index contributed by atoms with van der Waals surface area (Å²) < 4.78 is 0. The molecule has 0 radical (unpaired) electrons. The fraction of sp³-hybridized carbons (Fsp3) is 0.446. The number of nitrogens with zero attached hydrogens (tertiary/aromatic N) is 6. The second-order valence-corrected chi connectivity index (χ2v) is 21.1. The summed E-state index contributed by atoms with van der Waals surface area (Å²) in [6, 6.07) is 22.7. The van der Waals surface area contributed by atoms with Gasteiger partial charge in [-0.05, 0) is 93.0 Å².